The summed E-state index contributed by atoms with van der Waals surface area (Å²) in [5.41, 5.74) is 2.49. The standard InChI is InChI=1S/C22H24N2O4/c1-15(25)18-3-2-4-19(13-18)23-22(26)24-9-7-16(8-10-24)11-17-5-6-20-21(12-17)28-14-27-20/h2-6,12-13,16H,7-11,14H2,1H3,(H,23,26). The molecule has 0 spiro atoms. The van der Waals surface area contributed by atoms with Crippen molar-refractivity contribution in [3.8, 4) is 11.5 Å². The monoisotopic (exact) mass is 380 g/mol. The van der Waals surface area contributed by atoms with E-state index in [1.165, 1.54) is 12.5 Å². The molecule has 2 aliphatic rings. The molecule has 2 aromatic rings. The number of carbonyl (C=O) groups is 2. The van der Waals surface area contributed by atoms with Crippen molar-refractivity contribution in [1.82, 2.24) is 4.90 Å². The van der Waals surface area contributed by atoms with E-state index in [9.17, 15) is 9.59 Å². The summed E-state index contributed by atoms with van der Waals surface area (Å²) in [6, 6.07) is 13.1. The van der Waals surface area contributed by atoms with E-state index in [0.29, 0.717) is 24.0 Å². The number of ether oxygens (including phenoxy) is 2. The van der Waals surface area contributed by atoms with E-state index >= 15 is 0 Å². The Kier molecular flexibility index (Phi) is 5.19. The highest BCUT2D eigenvalue weighted by Crippen LogP contribution is 2.34. The minimum atomic E-state index is -0.109. The van der Waals surface area contributed by atoms with Crippen molar-refractivity contribution in [1.29, 1.82) is 0 Å². The first-order chi connectivity index (χ1) is 13.6. The Hall–Kier alpha value is -3.02. The van der Waals surface area contributed by atoms with Gasteiger partial charge in [0.05, 0.1) is 0 Å². The van der Waals surface area contributed by atoms with E-state index in [1.54, 1.807) is 24.3 Å². The smallest absolute Gasteiger partial charge is 0.321 e. The van der Waals surface area contributed by atoms with Crippen molar-refractivity contribution in [2.45, 2.75) is 26.2 Å². The third-order valence-electron chi connectivity index (χ3n) is 5.38. The van der Waals surface area contributed by atoms with E-state index in [-0.39, 0.29) is 11.8 Å². The summed E-state index contributed by atoms with van der Waals surface area (Å²) in [7, 11) is 0. The van der Waals surface area contributed by atoms with E-state index < -0.39 is 0 Å². The Morgan fingerprint density at radius 2 is 1.86 bits per heavy atom. The lowest BCUT2D eigenvalue weighted by Gasteiger charge is -2.32. The van der Waals surface area contributed by atoms with Crippen LogP contribution in [0.1, 0.15) is 35.7 Å². The number of rotatable bonds is 4. The fourth-order valence-corrected chi connectivity index (χ4v) is 3.76. The number of likely N-dealkylation sites (tertiary alicyclic amines) is 1. The predicted molar refractivity (Wildman–Crippen MR) is 106 cm³/mol. The molecule has 6 nitrogen and oxygen atoms in total. The number of hydrogen-bond donors (Lipinski definition) is 1. The molecule has 146 valence electrons. The zero-order valence-electron chi connectivity index (χ0n) is 15.9. The Balaban J connectivity index is 1.29. The molecule has 28 heavy (non-hydrogen) atoms. The molecule has 2 heterocycles. The maximum absolute atomic E-state index is 12.5. The molecule has 4 rings (SSSR count). The van der Waals surface area contributed by atoms with Crippen molar-refractivity contribution in [2.75, 3.05) is 25.2 Å². The Bertz CT molecular complexity index is 888. The number of anilines is 1. The van der Waals surface area contributed by atoms with Crippen LogP contribution in [0.5, 0.6) is 11.5 Å². The van der Waals surface area contributed by atoms with Gasteiger partial charge in [0, 0.05) is 24.3 Å². The zero-order chi connectivity index (χ0) is 19.5. The first kappa shape index (κ1) is 18.3. The molecule has 0 aliphatic carbocycles. The van der Waals surface area contributed by atoms with Gasteiger partial charge in [0.2, 0.25) is 6.79 Å². The van der Waals surface area contributed by atoms with Gasteiger partial charge in [-0.25, -0.2) is 4.79 Å². The minimum absolute atomic E-state index is 0.0135. The van der Waals surface area contributed by atoms with E-state index in [0.717, 1.165) is 43.9 Å². The average molecular weight is 380 g/mol. The second kappa shape index (κ2) is 7.92. The first-order valence-electron chi connectivity index (χ1n) is 9.64. The number of ketones is 1. The molecular weight excluding hydrogens is 356 g/mol. The van der Waals surface area contributed by atoms with Crippen LogP contribution in [0.3, 0.4) is 0 Å². The second-order valence-corrected chi connectivity index (χ2v) is 7.39. The van der Waals surface area contributed by atoms with Crippen LogP contribution in [-0.4, -0.2) is 36.6 Å². The molecule has 6 heteroatoms. The highest BCUT2D eigenvalue weighted by molar-refractivity contribution is 5.96. The quantitative estimate of drug-likeness (QED) is 0.811. The predicted octanol–water partition coefficient (Wildman–Crippen LogP) is 4.10. The molecule has 2 aliphatic heterocycles. The minimum Gasteiger partial charge on any atom is -0.454 e. The number of urea groups is 1. The van der Waals surface area contributed by atoms with Crippen molar-refractivity contribution in [3.05, 3.63) is 53.6 Å². The van der Waals surface area contributed by atoms with Gasteiger partial charge in [-0.05, 0) is 61.9 Å². The number of hydrogen-bond acceptors (Lipinski definition) is 4. The molecule has 0 saturated carbocycles. The van der Waals surface area contributed by atoms with Crippen molar-refractivity contribution in [2.24, 2.45) is 5.92 Å². The topological polar surface area (TPSA) is 67.9 Å². The fourth-order valence-electron chi connectivity index (χ4n) is 3.76. The lowest BCUT2D eigenvalue weighted by molar-refractivity contribution is 0.101. The summed E-state index contributed by atoms with van der Waals surface area (Å²) in [5, 5.41) is 2.90. The van der Waals surface area contributed by atoms with Gasteiger partial charge in [-0.1, -0.05) is 18.2 Å². The van der Waals surface area contributed by atoms with E-state index in [4.69, 9.17) is 9.47 Å². The molecule has 0 atom stereocenters. The molecule has 0 unspecified atom stereocenters. The van der Waals surface area contributed by atoms with Gasteiger partial charge in [-0.15, -0.1) is 0 Å². The lowest BCUT2D eigenvalue weighted by atomic mass is 9.90. The second-order valence-electron chi connectivity index (χ2n) is 7.39. The van der Waals surface area contributed by atoms with Crippen molar-refractivity contribution >= 4 is 17.5 Å². The van der Waals surface area contributed by atoms with E-state index in [1.807, 2.05) is 11.0 Å². The van der Waals surface area contributed by atoms with Crippen LogP contribution in [-0.2, 0) is 6.42 Å². The summed E-state index contributed by atoms with van der Waals surface area (Å²) >= 11 is 0. The number of fused-ring (bicyclic) bond motifs is 1. The lowest BCUT2D eigenvalue weighted by Crippen LogP contribution is -2.41. The molecule has 0 bridgehead atoms. The Morgan fingerprint density at radius 1 is 1.07 bits per heavy atom. The summed E-state index contributed by atoms with van der Waals surface area (Å²) in [4.78, 5) is 25.9. The highest BCUT2D eigenvalue weighted by atomic mass is 16.7. The molecule has 1 N–H and O–H groups in total. The maximum atomic E-state index is 12.5. The van der Waals surface area contributed by atoms with Crippen LogP contribution in [0, 0.1) is 5.92 Å². The molecule has 2 aromatic carbocycles. The first-order valence-corrected chi connectivity index (χ1v) is 9.64. The number of benzene rings is 2. The van der Waals surface area contributed by atoms with Gasteiger partial charge >= 0.3 is 6.03 Å². The Morgan fingerprint density at radius 3 is 2.64 bits per heavy atom. The molecule has 1 fully saturated rings. The SMILES string of the molecule is CC(=O)c1cccc(NC(=O)N2CCC(Cc3ccc4c(c3)OCO4)CC2)c1. The molecule has 0 radical (unpaired) electrons. The van der Waals surface area contributed by atoms with Gasteiger partial charge in [-0.2, -0.15) is 0 Å². The zero-order valence-corrected chi connectivity index (χ0v) is 15.9. The maximum Gasteiger partial charge on any atom is 0.321 e. The van der Waals surface area contributed by atoms with Gasteiger partial charge < -0.3 is 19.7 Å². The van der Waals surface area contributed by atoms with Crippen molar-refractivity contribution in [3.63, 3.8) is 0 Å². The van der Waals surface area contributed by atoms with Crippen LogP contribution in [0.4, 0.5) is 10.5 Å². The van der Waals surface area contributed by atoms with Crippen LogP contribution in [0.15, 0.2) is 42.5 Å². The third-order valence-corrected chi connectivity index (χ3v) is 5.38. The highest BCUT2D eigenvalue weighted by Gasteiger charge is 2.24. The van der Waals surface area contributed by atoms with Crippen LogP contribution < -0.4 is 14.8 Å². The van der Waals surface area contributed by atoms with Crippen LogP contribution >= 0.6 is 0 Å². The molecule has 1 saturated heterocycles. The van der Waals surface area contributed by atoms with Gasteiger partial charge in [0.15, 0.2) is 17.3 Å². The molecular formula is C22H24N2O4. The number of amides is 2. The number of carbonyl (C=O) groups excluding carboxylic acids is 2. The van der Waals surface area contributed by atoms with Gasteiger partial charge in [-0.3, -0.25) is 4.79 Å². The van der Waals surface area contributed by atoms with Crippen molar-refractivity contribution < 1.29 is 19.1 Å². The molecule has 2 amide bonds. The molecule has 0 aromatic heterocycles. The fraction of sp³-hybridized carbons (Fsp3) is 0.364. The largest absolute Gasteiger partial charge is 0.454 e. The normalized spacial score (nSPS) is 16.1. The van der Waals surface area contributed by atoms with Crippen LogP contribution in [0.25, 0.3) is 0 Å². The third kappa shape index (κ3) is 4.11. The summed E-state index contributed by atoms with van der Waals surface area (Å²) in [6.45, 7) is 3.27. The number of Topliss-reactive ketones (excluding diaryl/α,β-unsaturated/α-hetero) is 1. The van der Waals surface area contributed by atoms with E-state index in [2.05, 4.69) is 17.4 Å². The Labute approximate surface area is 164 Å². The van der Waals surface area contributed by atoms with Gasteiger partial charge in [0.1, 0.15) is 0 Å². The summed E-state index contributed by atoms with van der Waals surface area (Å²) in [6.07, 6.45) is 2.91. The number of nitrogens with one attached hydrogen (secondary N) is 1. The summed E-state index contributed by atoms with van der Waals surface area (Å²) in [5.74, 6) is 2.16. The average Bonchev–Trinajstić information content (AvgIpc) is 3.16. The number of piperidine rings is 1. The summed E-state index contributed by atoms with van der Waals surface area (Å²) < 4.78 is 10.8. The number of nitrogens with zero attached hydrogens (tertiary/aromatic N) is 1. The van der Waals surface area contributed by atoms with Crippen LogP contribution in [0.2, 0.25) is 0 Å². The van der Waals surface area contributed by atoms with Gasteiger partial charge in [0.25, 0.3) is 0 Å².